The molecule has 0 unspecified atom stereocenters. The summed E-state index contributed by atoms with van der Waals surface area (Å²) in [4.78, 5) is 26.7. The molecule has 1 aliphatic heterocycles. The number of benzene rings is 2. The van der Waals surface area contributed by atoms with E-state index >= 15 is 0 Å². The Labute approximate surface area is 165 Å². The second-order valence-corrected chi connectivity index (χ2v) is 6.55. The maximum absolute atomic E-state index is 13.8. The zero-order chi connectivity index (χ0) is 20.2. The van der Waals surface area contributed by atoms with E-state index in [2.05, 4.69) is 26.2 Å². The van der Waals surface area contributed by atoms with Crippen LogP contribution in [0.3, 0.4) is 0 Å². The molecule has 0 aliphatic carbocycles. The van der Waals surface area contributed by atoms with Gasteiger partial charge in [0.15, 0.2) is 0 Å². The van der Waals surface area contributed by atoms with E-state index in [0.29, 0.717) is 25.1 Å². The number of nitrogens with zero attached hydrogens (tertiary/aromatic N) is 5. The molecule has 29 heavy (non-hydrogen) atoms. The van der Waals surface area contributed by atoms with E-state index in [-0.39, 0.29) is 11.6 Å². The molecule has 1 aliphatic rings. The van der Waals surface area contributed by atoms with E-state index in [4.69, 9.17) is 0 Å². The summed E-state index contributed by atoms with van der Waals surface area (Å²) < 4.78 is 15.3. The van der Waals surface area contributed by atoms with Crippen molar-refractivity contribution in [3.05, 3.63) is 60.7 Å². The highest BCUT2D eigenvalue weighted by Gasteiger charge is 2.34. The number of tetrazole rings is 1. The summed E-state index contributed by atoms with van der Waals surface area (Å²) in [6.07, 6.45) is 2.71. The summed E-state index contributed by atoms with van der Waals surface area (Å²) in [6.45, 7) is 0.427. The number of hydrogen-bond acceptors (Lipinski definition) is 5. The number of nitrogens with one attached hydrogen (secondary N) is 2. The average Bonchev–Trinajstić information content (AvgIpc) is 3.42. The first kappa shape index (κ1) is 18.5. The van der Waals surface area contributed by atoms with Gasteiger partial charge in [-0.05, 0) is 59.7 Å². The van der Waals surface area contributed by atoms with Crippen molar-refractivity contribution in [2.24, 2.45) is 0 Å². The number of aromatic nitrogens is 4. The quantitative estimate of drug-likeness (QED) is 0.706. The van der Waals surface area contributed by atoms with Crippen LogP contribution in [0.1, 0.15) is 12.8 Å². The fraction of sp³-hybridized carbons (Fsp3) is 0.211. The van der Waals surface area contributed by atoms with Gasteiger partial charge in [-0.25, -0.2) is 13.9 Å². The van der Waals surface area contributed by atoms with Crippen LogP contribution in [0.5, 0.6) is 0 Å². The molecule has 1 atom stereocenters. The second kappa shape index (κ2) is 8.05. The van der Waals surface area contributed by atoms with Crippen LogP contribution in [0.15, 0.2) is 54.9 Å². The molecular formula is C19H18FN7O2. The van der Waals surface area contributed by atoms with Crippen molar-refractivity contribution in [3.8, 4) is 5.69 Å². The molecule has 2 N–H and O–H groups in total. The predicted molar refractivity (Wildman–Crippen MR) is 103 cm³/mol. The molecule has 2 heterocycles. The van der Waals surface area contributed by atoms with Crippen LogP contribution >= 0.6 is 0 Å². The lowest BCUT2D eigenvalue weighted by Crippen LogP contribution is -2.45. The second-order valence-electron chi connectivity index (χ2n) is 6.55. The number of amides is 3. The van der Waals surface area contributed by atoms with Crippen molar-refractivity contribution in [3.63, 3.8) is 0 Å². The van der Waals surface area contributed by atoms with E-state index in [0.717, 1.165) is 5.69 Å². The SMILES string of the molecule is O=C(Nc1ccc(-n2cnnn2)cc1)[C@H]1CCCN1C(=O)Nc1ccccc1F. The van der Waals surface area contributed by atoms with Gasteiger partial charge in [-0.15, -0.1) is 5.10 Å². The van der Waals surface area contributed by atoms with E-state index in [1.165, 1.54) is 28.0 Å². The highest BCUT2D eigenvalue weighted by molar-refractivity contribution is 5.99. The molecule has 1 saturated heterocycles. The molecule has 148 valence electrons. The lowest BCUT2D eigenvalue weighted by atomic mass is 10.2. The van der Waals surface area contributed by atoms with Crippen molar-refractivity contribution < 1.29 is 14.0 Å². The number of carbonyl (C=O) groups is 2. The molecule has 0 radical (unpaired) electrons. The Bertz CT molecular complexity index is 1010. The van der Waals surface area contributed by atoms with Gasteiger partial charge in [0, 0.05) is 12.2 Å². The van der Waals surface area contributed by atoms with Gasteiger partial charge in [0.25, 0.3) is 0 Å². The number of para-hydroxylation sites is 1. The van der Waals surface area contributed by atoms with Crippen molar-refractivity contribution in [2.75, 3.05) is 17.2 Å². The van der Waals surface area contributed by atoms with Crippen LogP contribution in [-0.2, 0) is 4.79 Å². The normalized spacial score (nSPS) is 15.9. The standard InChI is InChI=1S/C19H18FN7O2/c20-15-4-1-2-5-16(15)23-19(29)26-11-3-6-17(26)18(28)22-13-7-9-14(10-8-13)27-12-21-24-25-27/h1-2,4-5,7-10,12,17H,3,6,11H2,(H,22,28)(H,23,29)/t17-/m1/s1. The zero-order valence-corrected chi connectivity index (χ0v) is 15.3. The Hall–Kier alpha value is -3.82. The van der Waals surface area contributed by atoms with Crippen molar-refractivity contribution in [2.45, 2.75) is 18.9 Å². The first-order valence-electron chi connectivity index (χ1n) is 9.08. The maximum Gasteiger partial charge on any atom is 0.322 e. The number of hydrogen-bond donors (Lipinski definition) is 2. The molecule has 1 fully saturated rings. The molecule has 10 heteroatoms. The third-order valence-electron chi connectivity index (χ3n) is 4.68. The fourth-order valence-electron chi connectivity index (χ4n) is 3.23. The largest absolute Gasteiger partial charge is 0.324 e. The summed E-state index contributed by atoms with van der Waals surface area (Å²) in [6, 6.07) is 11.8. The summed E-state index contributed by atoms with van der Waals surface area (Å²) in [5, 5.41) is 16.3. The zero-order valence-electron chi connectivity index (χ0n) is 15.3. The molecule has 3 aromatic rings. The van der Waals surface area contributed by atoms with Gasteiger partial charge in [-0.1, -0.05) is 12.1 Å². The number of likely N-dealkylation sites (tertiary alicyclic amines) is 1. The Morgan fingerprint density at radius 2 is 1.86 bits per heavy atom. The molecule has 0 spiro atoms. The number of anilines is 2. The van der Waals surface area contributed by atoms with Crippen LogP contribution in [0.2, 0.25) is 0 Å². The molecule has 3 amide bonds. The topological polar surface area (TPSA) is 105 Å². The molecule has 0 bridgehead atoms. The van der Waals surface area contributed by atoms with Gasteiger partial charge < -0.3 is 15.5 Å². The summed E-state index contributed by atoms with van der Waals surface area (Å²) in [5.74, 6) is -0.815. The van der Waals surface area contributed by atoms with Crippen LogP contribution in [-0.4, -0.2) is 49.6 Å². The highest BCUT2D eigenvalue weighted by atomic mass is 19.1. The van der Waals surface area contributed by atoms with Crippen molar-refractivity contribution in [1.82, 2.24) is 25.1 Å². The number of carbonyl (C=O) groups excluding carboxylic acids is 2. The minimum absolute atomic E-state index is 0.0850. The van der Waals surface area contributed by atoms with Gasteiger partial charge >= 0.3 is 6.03 Å². The molecule has 9 nitrogen and oxygen atoms in total. The molecule has 1 aromatic heterocycles. The van der Waals surface area contributed by atoms with Gasteiger partial charge in [-0.2, -0.15) is 0 Å². The minimum Gasteiger partial charge on any atom is -0.324 e. The van der Waals surface area contributed by atoms with Gasteiger partial charge in [0.2, 0.25) is 5.91 Å². The van der Waals surface area contributed by atoms with Gasteiger partial charge in [0.1, 0.15) is 18.2 Å². The number of urea groups is 1. The molecular weight excluding hydrogens is 377 g/mol. The van der Waals surface area contributed by atoms with Crippen molar-refractivity contribution in [1.29, 1.82) is 0 Å². The van der Waals surface area contributed by atoms with E-state index in [1.807, 2.05) is 0 Å². The molecule has 4 rings (SSSR count). The lowest BCUT2D eigenvalue weighted by molar-refractivity contribution is -0.119. The monoisotopic (exact) mass is 395 g/mol. The van der Waals surface area contributed by atoms with Gasteiger partial charge in [-0.3, -0.25) is 4.79 Å². The van der Waals surface area contributed by atoms with Gasteiger partial charge in [0.05, 0.1) is 11.4 Å². The fourth-order valence-corrected chi connectivity index (χ4v) is 3.23. The van der Waals surface area contributed by atoms with Crippen LogP contribution in [0.25, 0.3) is 5.69 Å². The van der Waals surface area contributed by atoms with Crippen LogP contribution < -0.4 is 10.6 Å². The maximum atomic E-state index is 13.8. The third kappa shape index (κ3) is 4.05. The predicted octanol–water partition coefficient (Wildman–Crippen LogP) is 2.44. The summed E-state index contributed by atoms with van der Waals surface area (Å²) >= 11 is 0. The Morgan fingerprint density at radius 3 is 2.59 bits per heavy atom. The Kier molecular flexibility index (Phi) is 5.14. The number of rotatable bonds is 4. The average molecular weight is 395 g/mol. The van der Waals surface area contributed by atoms with Crippen molar-refractivity contribution >= 4 is 23.3 Å². The van der Waals surface area contributed by atoms with E-state index < -0.39 is 17.9 Å². The lowest BCUT2D eigenvalue weighted by Gasteiger charge is -2.24. The smallest absolute Gasteiger partial charge is 0.322 e. The van der Waals surface area contributed by atoms with Crippen LogP contribution in [0.4, 0.5) is 20.6 Å². The number of halogens is 1. The van der Waals surface area contributed by atoms with E-state index in [1.54, 1.807) is 36.4 Å². The minimum atomic E-state index is -0.624. The van der Waals surface area contributed by atoms with E-state index in [9.17, 15) is 14.0 Å². The molecule has 0 saturated carbocycles. The summed E-state index contributed by atoms with van der Waals surface area (Å²) in [5.41, 5.74) is 1.43. The summed E-state index contributed by atoms with van der Waals surface area (Å²) in [7, 11) is 0. The van der Waals surface area contributed by atoms with Crippen LogP contribution in [0, 0.1) is 5.82 Å². The Balaban J connectivity index is 1.41. The Morgan fingerprint density at radius 1 is 1.07 bits per heavy atom. The first-order chi connectivity index (χ1) is 14.1. The first-order valence-corrected chi connectivity index (χ1v) is 9.08. The highest BCUT2D eigenvalue weighted by Crippen LogP contribution is 2.22. The third-order valence-corrected chi connectivity index (χ3v) is 4.68. The molecule has 2 aromatic carbocycles.